The number of benzene rings is 1. The Morgan fingerprint density at radius 3 is 2.65 bits per heavy atom. The van der Waals surface area contributed by atoms with Gasteiger partial charge in [0.2, 0.25) is 5.95 Å². The maximum absolute atomic E-state index is 12.3. The molecule has 0 aliphatic carbocycles. The largest absolute Gasteiger partial charge is 0.288 e. The highest BCUT2D eigenvalue weighted by Crippen LogP contribution is 2.05. The van der Waals surface area contributed by atoms with Crippen molar-refractivity contribution in [1.82, 2.24) is 34.3 Å². The molecule has 0 radical (unpaired) electrons. The van der Waals surface area contributed by atoms with Gasteiger partial charge in [-0.05, 0) is 17.7 Å². The fraction of sp³-hybridized carbons (Fsp3) is 0.118. The molecule has 130 valence electrons. The van der Waals surface area contributed by atoms with Crippen molar-refractivity contribution in [3.63, 3.8) is 0 Å². The highest BCUT2D eigenvalue weighted by Gasteiger charge is 2.12. The second-order valence-corrected chi connectivity index (χ2v) is 5.63. The Morgan fingerprint density at radius 2 is 1.85 bits per heavy atom. The molecule has 0 bridgehead atoms. The number of carbonyl (C=O) groups excluding carboxylic acids is 1. The van der Waals surface area contributed by atoms with Crippen molar-refractivity contribution in [3.05, 3.63) is 78.6 Å². The van der Waals surface area contributed by atoms with Crippen molar-refractivity contribution in [1.29, 1.82) is 0 Å². The van der Waals surface area contributed by atoms with Crippen LogP contribution in [-0.2, 0) is 13.2 Å². The summed E-state index contributed by atoms with van der Waals surface area (Å²) in [7, 11) is 0. The van der Waals surface area contributed by atoms with E-state index >= 15 is 0 Å². The van der Waals surface area contributed by atoms with E-state index in [1.54, 1.807) is 38.8 Å². The molecule has 0 fully saturated rings. The number of amides is 1. The first-order valence-electron chi connectivity index (χ1n) is 8.02. The first kappa shape index (κ1) is 15.8. The van der Waals surface area contributed by atoms with Gasteiger partial charge >= 0.3 is 0 Å². The lowest BCUT2D eigenvalue weighted by molar-refractivity contribution is 0.102. The summed E-state index contributed by atoms with van der Waals surface area (Å²) in [5.74, 6) is -0.116. The van der Waals surface area contributed by atoms with Gasteiger partial charge in [-0.1, -0.05) is 30.3 Å². The van der Waals surface area contributed by atoms with Gasteiger partial charge in [-0.2, -0.15) is 10.2 Å². The Balaban J connectivity index is 1.38. The van der Waals surface area contributed by atoms with E-state index in [4.69, 9.17) is 0 Å². The lowest BCUT2D eigenvalue weighted by atomic mass is 10.2. The molecule has 1 aromatic carbocycles. The zero-order valence-corrected chi connectivity index (χ0v) is 13.8. The molecule has 0 aliphatic heterocycles. The van der Waals surface area contributed by atoms with Gasteiger partial charge in [0, 0.05) is 18.6 Å². The predicted octanol–water partition coefficient (Wildman–Crippen LogP) is 1.48. The zero-order chi connectivity index (χ0) is 17.8. The summed E-state index contributed by atoms with van der Waals surface area (Å²) >= 11 is 0. The van der Waals surface area contributed by atoms with Gasteiger partial charge in [0.15, 0.2) is 5.69 Å². The molecule has 0 atom stereocenters. The third kappa shape index (κ3) is 3.66. The van der Waals surface area contributed by atoms with E-state index in [0.29, 0.717) is 13.2 Å². The fourth-order valence-electron chi connectivity index (χ4n) is 2.46. The van der Waals surface area contributed by atoms with E-state index < -0.39 is 0 Å². The van der Waals surface area contributed by atoms with Gasteiger partial charge < -0.3 is 0 Å². The number of carbonyl (C=O) groups is 1. The summed E-state index contributed by atoms with van der Waals surface area (Å²) in [6.07, 6.45) is 6.82. The number of hydrogen-bond donors (Lipinski definition) is 1. The maximum atomic E-state index is 12.3. The van der Waals surface area contributed by atoms with Crippen molar-refractivity contribution in [2.75, 3.05) is 5.32 Å². The van der Waals surface area contributed by atoms with E-state index in [1.807, 2.05) is 42.6 Å². The van der Waals surface area contributed by atoms with Crippen LogP contribution in [0.4, 0.5) is 5.95 Å². The molecule has 9 nitrogen and oxygen atoms in total. The van der Waals surface area contributed by atoms with Crippen LogP contribution >= 0.6 is 0 Å². The standard InChI is InChI=1S/C17H16N8O/c26-16(15-7-10-24(21-15)13-23-9-4-8-19-23)20-17-18-12-25(22-17)11-14-5-2-1-3-6-14/h1-10,12H,11,13H2,(H,20,22,26). The summed E-state index contributed by atoms with van der Waals surface area (Å²) in [4.78, 5) is 16.4. The van der Waals surface area contributed by atoms with E-state index in [9.17, 15) is 4.79 Å². The molecule has 4 aromatic rings. The molecule has 9 heteroatoms. The average molecular weight is 348 g/mol. The molecule has 0 aliphatic rings. The first-order valence-corrected chi connectivity index (χ1v) is 8.02. The van der Waals surface area contributed by atoms with Crippen LogP contribution in [0, 0.1) is 0 Å². The molecule has 1 N–H and O–H groups in total. The van der Waals surface area contributed by atoms with Crippen LogP contribution in [0.1, 0.15) is 16.1 Å². The fourth-order valence-corrected chi connectivity index (χ4v) is 2.46. The Kier molecular flexibility index (Phi) is 4.25. The summed E-state index contributed by atoms with van der Waals surface area (Å²) in [5.41, 5.74) is 1.39. The summed E-state index contributed by atoms with van der Waals surface area (Å²) < 4.78 is 5.01. The quantitative estimate of drug-likeness (QED) is 0.569. The molecular weight excluding hydrogens is 332 g/mol. The van der Waals surface area contributed by atoms with Gasteiger partial charge in [-0.25, -0.2) is 9.67 Å². The number of anilines is 1. The van der Waals surface area contributed by atoms with Crippen LogP contribution < -0.4 is 5.32 Å². The van der Waals surface area contributed by atoms with E-state index in [2.05, 4.69) is 25.6 Å². The van der Waals surface area contributed by atoms with E-state index in [-0.39, 0.29) is 17.5 Å². The van der Waals surface area contributed by atoms with Crippen molar-refractivity contribution in [3.8, 4) is 0 Å². The van der Waals surface area contributed by atoms with E-state index in [0.717, 1.165) is 5.56 Å². The number of nitrogens with one attached hydrogen (secondary N) is 1. The first-order chi connectivity index (χ1) is 12.8. The number of hydrogen-bond acceptors (Lipinski definition) is 5. The molecule has 0 saturated heterocycles. The van der Waals surface area contributed by atoms with Crippen LogP contribution in [0.5, 0.6) is 0 Å². The SMILES string of the molecule is O=C(Nc1ncn(Cc2ccccc2)n1)c1ccn(Cn2cccn2)n1. The molecule has 0 saturated carbocycles. The Morgan fingerprint density at radius 1 is 0.962 bits per heavy atom. The van der Waals surface area contributed by atoms with Crippen LogP contribution in [0.15, 0.2) is 67.4 Å². The minimum Gasteiger partial charge on any atom is -0.288 e. The van der Waals surface area contributed by atoms with E-state index in [1.165, 1.54) is 0 Å². The maximum Gasteiger partial charge on any atom is 0.278 e. The van der Waals surface area contributed by atoms with Gasteiger partial charge in [-0.3, -0.25) is 19.5 Å². The highest BCUT2D eigenvalue weighted by molar-refractivity contribution is 6.01. The monoisotopic (exact) mass is 348 g/mol. The topological polar surface area (TPSA) is 95.5 Å². The summed E-state index contributed by atoms with van der Waals surface area (Å²) in [5, 5.41) is 15.3. The number of nitrogens with zero attached hydrogens (tertiary/aromatic N) is 7. The molecular formula is C17H16N8O. The molecule has 4 rings (SSSR count). The molecule has 0 spiro atoms. The third-order valence-corrected chi connectivity index (χ3v) is 3.67. The minimum absolute atomic E-state index is 0.243. The van der Waals surface area contributed by atoms with Crippen LogP contribution in [0.3, 0.4) is 0 Å². The van der Waals surface area contributed by atoms with Crippen molar-refractivity contribution in [2.45, 2.75) is 13.2 Å². The van der Waals surface area contributed by atoms with Crippen molar-refractivity contribution in [2.24, 2.45) is 0 Å². The Bertz CT molecular complexity index is 987. The lowest BCUT2D eigenvalue weighted by Crippen LogP contribution is -2.16. The zero-order valence-electron chi connectivity index (χ0n) is 13.8. The van der Waals surface area contributed by atoms with Crippen molar-refractivity contribution >= 4 is 11.9 Å². The van der Waals surface area contributed by atoms with Gasteiger partial charge in [0.05, 0.1) is 6.54 Å². The van der Waals surface area contributed by atoms with Gasteiger partial charge in [0.1, 0.15) is 13.0 Å². The van der Waals surface area contributed by atoms with Gasteiger partial charge in [-0.15, -0.1) is 5.10 Å². The highest BCUT2D eigenvalue weighted by atomic mass is 16.2. The van der Waals surface area contributed by atoms with Gasteiger partial charge in [0.25, 0.3) is 5.91 Å². The van der Waals surface area contributed by atoms with Crippen molar-refractivity contribution < 1.29 is 4.79 Å². The van der Waals surface area contributed by atoms with Crippen LogP contribution in [0.25, 0.3) is 0 Å². The lowest BCUT2D eigenvalue weighted by Gasteiger charge is -2.01. The molecule has 3 heterocycles. The predicted molar refractivity (Wildman–Crippen MR) is 93.4 cm³/mol. The third-order valence-electron chi connectivity index (χ3n) is 3.67. The molecule has 26 heavy (non-hydrogen) atoms. The second-order valence-electron chi connectivity index (χ2n) is 5.63. The van der Waals surface area contributed by atoms with Crippen LogP contribution in [0.2, 0.25) is 0 Å². The number of aromatic nitrogens is 7. The Labute approximate surface area is 148 Å². The number of rotatable bonds is 6. The summed E-state index contributed by atoms with van der Waals surface area (Å²) in [6.45, 7) is 1.02. The molecule has 1 amide bonds. The normalized spacial score (nSPS) is 10.8. The minimum atomic E-state index is -0.360. The molecule has 3 aromatic heterocycles. The second kappa shape index (κ2) is 7.01. The summed E-state index contributed by atoms with van der Waals surface area (Å²) in [6, 6.07) is 13.4. The Hall–Kier alpha value is -3.75. The average Bonchev–Trinajstić information content (AvgIpc) is 3.39. The molecule has 0 unspecified atom stereocenters. The smallest absolute Gasteiger partial charge is 0.278 e. The van der Waals surface area contributed by atoms with Crippen LogP contribution in [-0.4, -0.2) is 40.2 Å².